The minimum Gasteiger partial charge on any atom is -0.378 e. The number of hydrogen-bond acceptors (Lipinski definition) is 5. The Morgan fingerprint density at radius 2 is 1.79 bits per heavy atom. The van der Waals surface area contributed by atoms with Crippen LogP contribution < -0.4 is 0 Å². The summed E-state index contributed by atoms with van der Waals surface area (Å²) in [4.78, 5) is 14.2. The molecule has 2 heterocycles. The summed E-state index contributed by atoms with van der Waals surface area (Å²) >= 11 is 14.1. The van der Waals surface area contributed by atoms with E-state index in [-0.39, 0.29) is 5.91 Å². The molecule has 3 aromatic rings. The Kier molecular flexibility index (Phi) is 8.30. The summed E-state index contributed by atoms with van der Waals surface area (Å²) < 4.78 is 7.33. The molecule has 9 heteroatoms. The first kappa shape index (κ1) is 24.1. The normalized spacial score (nSPS) is 14.0. The Labute approximate surface area is 208 Å². The fourth-order valence-electron chi connectivity index (χ4n) is 3.62. The predicted octanol–water partition coefficient (Wildman–Crippen LogP) is 5.67. The van der Waals surface area contributed by atoms with Gasteiger partial charge in [0.1, 0.15) is 0 Å². The van der Waals surface area contributed by atoms with Crippen LogP contribution in [0, 0.1) is 6.92 Å². The fraction of sp³-hybridized carbons (Fsp3) is 0.375. The van der Waals surface area contributed by atoms with Gasteiger partial charge < -0.3 is 9.64 Å². The maximum atomic E-state index is 12.3. The number of carbonyl (C=O) groups is 1. The third kappa shape index (κ3) is 6.09. The van der Waals surface area contributed by atoms with Gasteiger partial charge in [-0.05, 0) is 38.0 Å². The van der Waals surface area contributed by atoms with Crippen molar-refractivity contribution in [3.63, 3.8) is 0 Å². The molecular formula is C24H26Cl2N4O2S. The fourth-order valence-corrected chi connectivity index (χ4v) is 4.87. The second-order valence-electron chi connectivity index (χ2n) is 7.90. The van der Waals surface area contributed by atoms with Crippen LogP contribution in [0.5, 0.6) is 0 Å². The van der Waals surface area contributed by atoms with Gasteiger partial charge in [-0.2, -0.15) is 0 Å². The molecule has 1 amide bonds. The largest absolute Gasteiger partial charge is 0.378 e. The van der Waals surface area contributed by atoms with Crippen molar-refractivity contribution in [3.8, 4) is 17.1 Å². The highest BCUT2D eigenvalue weighted by Gasteiger charge is 2.18. The molecule has 0 bridgehead atoms. The van der Waals surface area contributed by atoms with Crippen molar-refractivity contribution in [2.45, 2.75) is 31.3 Å². The summed E-state index contributed by atoms with van der Waals surface area (Å²) in [5.74, 6) is 1.80. The number of nitrogens with zero attached hydrogens (tertiary/aromatic N) is 4. The van der Waals surface area contributed by atoms with Gasteiger partial charge in [0.2, 0.25) is 5.91 Å². The number of thioether (sulfide) groups is 1. The summed E-state index contributed by atoms with van der Waals surface area (Å²) in [6.45, 7) is 4.72. The molecule has 1 aliphatic heterocycles. The quantitative estimate of drug-likeness (QED) is 0.292. The summed E-state index contributed by atoms with van der Waals surface area (Å²) in [6, 6.07) is 13.7. The van der Waals surface area contributed by atoms with Gasteiger partial charge in [-0.3, -0.25) is 9.36 Å². The van der Waals surface area contributed by atoms with Crippen LogP contribution in [0.25, 0.3) is 17.1 Å². The summed E-state index contributed by atoms with van der Waals surface area (Å²) in [5, 5.41) is 10.7. The molecule has 6 nitrogen and oxygen atoms in total. The van der Waals surface area contributed by atoms with Crippen molar-refractivity contribution in [2.24, 2.45) is 0 Å². The maximum Gasteiger partial charge on any atom is 0.222 e. The van der Waals surface area contributed by atoms with Gasteiger partial charge in [-0.25, -0.2) is 0 Å². The number of aromatic nitrogens is 3. The molecule has 0 aliphatic carbocycles. The first-order valence-corrected chi connectivity index (χ1v) is 12.7. The Morgan fingerprint density at radius 1 is 1.03 bits per heavy atom. The lowest BCUT2D eigenvalue weighted by Crippen LogP contribution is -2.40. The zero-order valence-electron chi connectivity index (χ0n) is 18.5. The number of carbonyl (C=O) groups excluding carboxylic acids is 1. The number of benzene rings is 2. The van der Waals surface area contributed by atoms with Crippen molar-refractivity contribution in [1.82, 2.24) is 19.7 Å². The number of morpholine rings is 1. The number of aryl methyl sites for hydroxylation is 1. The van der Waals surface area contributed by atoms with E-state index in [1.165, 1.54) is 5.56 Å². The van der Waals surface area contributed by atoms with Crippen LogP contribution in [0.4, 0.5) is 0 Å². The molecule has 174 valence electrons. The SMILES string of the molecule is Cc1ccc(-c2nnc(SCCCCC(=O)N3CCOCC3)n2-c2ccc(Cl)c(Cl)c2)cc1. The molecule has 2 aromatic carbocycles. The highest BCUT2D eigenvalue weighted by atomic mass is 35.5. The molecule has 0 atom stereocenters. The molecule has 1 aromatic heterocycles. The van der Waals surface area contributed by atoms with E-state index >= 15 is 0 Å². The van der Waals surface area contributed by atoms with Gasteiger partial charge in [0.05, 0.1) is 28.9 Å². The smallest absolute Gasteiger partial charge is 0.222 e. The Hall–Kier alpha value is -2.06. The van der Waals surface area contributed by atoms with Crippen molar-refractivity contribution in [2.75, 3.05) is 32.1 Å². The minimum atomic E-state index is 0.212. The van der Waals surface area contributed by atoms with E-state index in [2.05, 4.69) is 29.3 Å². The Bertz CT molecular complexity index is 1100. The van der Waals surface area contributed by atoms with E-state index in [4.69, 9.17) is 27.9 Å². The number of ether oxygens (including phenoxy) is 1. The summed E-state index contributed by atoms with van der Waals surface area (Å²) in [6.07, 6.45) is 2.32. The number of rotatable bonds is 8. The lowest BCUT2D eigenvalue weighted by molar-refractivity contribution is -0.135. The van der Waals surface area contributed by atoms with Gasteiger partial charge in [0.15, 0.2) is 11.0 Å². The monoisotopic (exact) mass is 504 g/mol. The van der Waals surface area contributed by atoms with E-state index in [0.717, 1.165) is 40.8 Å². The summed E-state index contributed by atoms with van der Waals surface area (Å²) in [5.41, 5.74) is 3.01. The molecule has 1 saturated heterocycles. The van der Waals surface area contributed by atoms with Crippen molar-refractivity contribution in [1.29, 1.82) is 0 Å². The third-order valence-electron chi connectivity index (χ3n) is 5.48. The van der Waals surface area contributed by atoms with Crippen LogP contribution in [0.15, 0.2) is 47.6 Å². The first-order valence-electron chi connectivity index (χ1n) is 11.0. The number of amides is 1. The zero-order chi connectivity index (χ0) is 23.2. The summed E-state index contributed by atoms with van der Waals surface area (Å²) in [7, 11) is 0. The molecule has 0 radical (unpaired) electrons. The van der Waals surface area contributed by atoms with Gasteiger partial charge in [-0.1, -0.05) is 64.8 Å². The second kappa shape index (κ2) is 11.4. The molecule has 33 heavy (non-hydrogen) atoms. The van der Waals surface area contributed by atoms with Crippen LogP contribution in [0.1, 0.15) is 24.8 Å². The lowest BCUT2D eigenvalue weighted by Gasteiger charge is -2.26. The highest BCUT2D eigenvalue weighted by Crippen LogP contribution is 2.32. The average Bonchev–Trinajstić information content (AvgIpc) is 3.25. The van der Waals surface area contributed by atoms with Crippen LogP contribution in [-0.4, -0.2) is 57.6 Å². The van der Waals surface area contributed by atoms with Crippen molar-refractivity contribution < 1.29 is 9.53 Å². The maximum absolute atomic E-state index is 12.3. The number of hydrogen-bond donors (Lipinski definition) is 0. The van der Waals surface area contributed by atoms with E-state index < -0.39 is 0 Å². The van der Waals surface area contributed by atoms with Gasteiger partial charge in [0.25, 0.3) is 0 Å². The Balaban J connectivity index is 1.45. The van der Waals surface area contributed by atoms with E-state index in [9.17, 15) is 4.79 Å². The second-order valence-corrected chi connectivity index (χ2v) is 9.78. The van der Waals surface area contributed by atoms with Gasteiger partial charge in [0, 0.05) is 30.8 Å². The standard InChI is InChI=1S/C24H26Cl2N4O2S/c1-17-5-7-18(8-6-17)23-27-28-24(30(23)19-9-10-20(25)21(26)16-19)33-15-3-2-4-22(31)29-11-13-32-14-12-29/h5-10,16H,2-4,11-15H2,1H3. The molecule has 4 rings (SSSR count). The molecule has 1 aliphatic rings. The lowest BCUT2D eigenvalue weighted by atomic mass is 10.1. The number of unbranched alkanes of at least 4 members (excludes halogenated alkanes) is 1. The topological polar surface area (TPSA) is 60.3 Å². The van der Waals surface area contributed by atoms with Gasteiger partial charge in [-0.15, -0.1) is 10.2 Å². The minimum absolute atomic E-state index is 0.212. The molecule has 0 N–H and O–H groups in total. The van der Waals surface area contributed by atoms with Crippen LogP contribution in [-0.2, 0) is 9.53 Å². The van der Waals surface area contributed by atoms with Gasteiger partial charge >= 0.3 is 0 Å². The van der Waals surface area contributed by atoms with Crippen molar-refractivity contribution in [3.05, 3.63) is 58.1 Å². The van der Waals surface area contributed by atoms with Crippen molar-refractivity contribution >= 4 is 40.9 Å². The van der Waals surface area contributed by atoms with E-state index in [1.807, 2.05) is 33.7 Å². The van der Waals surface area contributed by atoms with E-state index in [1.54, 1.807) is 17.8 Å². The Morgan fingerprint density at radius 3 is 2.52 bits per heavy atom. The third-order valence-corrected chi connectivity index (χ3v) is 7.24. The first-order chi connectivity index (χ1) is 16.0. The van der Waals surface area contributed by atoms with Crippen LogP contribution in [0.3, 0.4) is 0 Å². The molecule has 1 fully saturated rings. The number of halogens is 2. The molecule has 0 unspecified atom stereocenters. The van der Waals surface area contributed by atoms with E-state index in [0.29, 0.717) is 42.8 Å². The average molecular weight is 505 g/mol. The van der Waals surface area contributed by atoms with Crippen LogP contribution >= 0.6 is 35.0 Å². The molecular weight excluding hydrogens is 479 g/mol. The zero-order valence-corrected chi connectivity index (χ0v) is 20.8. The molecule has 0 spiro atoms. The van der Waals surface area contributed by atoms with Crippen LogP contribution in [0.2, 0.25) is 10.0 Å². The highest BCUT2D eigenvalue weighted by molar-refractivity contribution is 7.99. The molecule has 0 saturated carbocycles. The predicted molar refractivity (Wildman–Crippen MR) is 134 cm³/mol.